The second-order valence-corrected chi connectivity index (χ2v) is 5.86. The van der Waals surface area contributed by atoms with Gasteiger partial charge in [0, 0.05) is 29.2 Å². The Morgan fingerprint density at radius 2 is 2.19 bits per heavy atom. The van der Waals surface area contributed by atoms with Gasteiger partial charge in [0.05, 0.1) is 0 Å². The molecule has 21 heavy (non-hydrogen) atoms. The highest BCUT2D eigenvalue weighted by atomic mass is 19.1. The number of carbonyl (C=O) groups is 1. The summed E-state index contributed by atoms with van der Waals surface area (Å²) in [6.07, 6.45) is 3.69. The van der Waals surface area contributed by atoms with E-state index >= 15 is 0 Å². The quantitative estimate of drug-likeness (QED) is 0.861. The highest BCUT2D eigenvalue weighted by molar-refractivity contribution is 6.18. The van der Waals surface area contributed by atoms with Crippen molar-refractivity contribution < 1.29 is 9.18 Å². The van der Waals surface area contributed by atoms with E-state index in [1.165, 1.54) is 0 Å². The van der Waals surface area contributed by atoms with Gasteiger partial charge in [0.15, 0.2) is 0 Å². The van der Waals surface area contributed by atoms with Gasteiger partial charge < -0.3 is 10.3 Å². The molecule has 1 aromatic heterocycles. The normalized spacial score (nSPS) is 21.8. The first kappa shape index (κ1) is 13.9. The van der Waals surface area contributed by atoms with E-state index in [-0.39, 0.29) is 0 Å². The lowest BCUT2D eigenvalue weighted by atomic mass is 10.1. The van der Waals surface area contributed by atoms with Crippen molar-refractivity contribution in [1.29, 1.82) is 0 Å². The molecule has 1 heterocycles. The third-order valence-corrected chi connectivity index (χ3v) is 4.35. The molecular weight excluding hydrogens is 267 g/mol. The fraction of sp³-hybridized carbons (Fsp3) is 0.353. The number of hydrogen-bond donors (Lipinski definition) is 1. The predicted molar refractivity (Wildman–Crippen MR) is 82.4 cm³/mol. The van der Waals surface area contributed by atoms with Crippen LogP contribution in [0, 0.1) is 5.92 Å². The van der Waals surface area contributed by atoms with Crippen molar-refractivity contribution in [3.05, 3.63) is 42.6 Å². The van der Waals surface area contributed by atoms with Crippen molar-refractivity contribution in [2.75, 3.05) is 0 Å². The smallest absolute Gasteiger partial charge is 0.248 e. The summed E-state index contributed by atoms with van der Waals surface area (Å²) in [5, 5.41) is 1.05. The molecule has 1 aliphatic carbocycles. The lowest BCUT2D eigenvalue weighted by molar-refractivity contribution is -0.112. The van der Waals surface area contributed by atoms with Gasteiger partial charge in [-0.1, -0.05) is 12.6 Å². The van der Waals surface area contributed by atoms with E-state index in [0.29, 0.717) is 24.3 Å². The van der Waals surface area contributed by atoms with Gasteiger partial charge in [-0.3, -0.25) is 4.79 Å². The van der Waals surface area contributed by atoms with Crippen LogP contribution in [0.25, 0.3) is 16.5 Å². The summed E-state index contributed by atoms with van der Waals surface area (Å²) in [7, 11) is 0. The molecule has 3 nitrogen and oxygen atoms in total. The van der Waals surface area contributed by atoms with E-state index in [0.717, 1.165) is 29.4 Å². The summed E-state index contributed by atoms with van der Waals surface area (Å²) < 4.78 is 15.4. The standard InChI is InChI=1S/C17H19FN2O/c1-11(17(19)21)13-3-5-16-14(9-13)6-7-20(16)10-12-2-4-15(18)8-12/h3,5-7,9,12,15H,1-2,4,8,10H2,(H2,19,21). The number of benzene rings is 1. The van der Waals surface area contributed by atoms with Gasteiger partial charge in [0.25, 0.3) is 0 Å². The first-order valence-corrected chi connectivity index (χ1v) is 7.26. The van der Waals surface area contributed by atoms with Crippen LogP contribution in [-0.4, -0.2) is 16.6 Å². The van der Waals surface area contributed by atoms with Crippen molar-refractivity contribution in [2.45, 2.75) is 32.0 Å². The Labute approximate surface area is 123 Å². The summed E-state index contributed by atoms with van der Waals surface area (Å²) in [6.45, 7) is 4.55. The second kappa shape index (κ2) is 5.35. The Balaban J connectivity index is 1.86. The maximum Gasteiger partial charge on any atom is 0.248 e. The van der Waals surface area contributed by atoms with Gasteiger partial charge >= 0.3 is 0 Å². The van der Waals surface area contributed by atoms with Crippen LogP contribution < -0.4 is 5.73 Å². The van der Waals surface area contributed by atoms with Gasteiger partial charge in [-0.25, -0.2) is 4.39 Å². The molecule has 110 valence electrons. The molecule has 1 saturated carbocycles. The minimum Gasteiger partial charge on any atom is -0.366 e. The van der Waals surface area contributed by atoms with E-state index in [4.69, 9.17) is 5.73 Å². The van der Waals surface area contributed by atoms with E-state index in [9.17, 15) is 9.18 Å². The number of nitrogens with two attached hydrogens (primary N) is 1. The Kier molecular flexibility index (Phi) is 3.53. The Hall–Kier alpha value is -2.10. The highest BCUT2D eigenvalue weighted by Gasteiger charge is 2.24. The molecule has 2 aromatic rings. The zero-order valence-electron chi connectivity index (χ0n) is 11.9. The molecule has 0 radical (unpaired) electrons. The first-order chi connectivity index (χ1) is 10.0. The maximum atomic E-state index is 13.3. The fourth-order valence-electron chi connectivity index (χ4n) is 3.15. The summed E-state index contributed by atoms with van der Waals surface area (Å²) in [4.78, 5) is 11.2. The van der Waals surface area contributed by atoms with E-state index in [2.05, 4.69) is 11.1 Å². The number of fused-ring (bicyclic) bond motifs is 1. The molecule has 2 atom stereocenters. The van der Waals surface area contributed by atoms with Gasteiger partial charge in [0.1, 0.15) is 6.17 Å². The van der Waals surface area contributed by atoms with Crippen LogP contribution in [0.3, 0.4) is 0 Å². The highest BCUT2D eigenvalue weighted by Crippen LogP contribution is 2.30. The number of primary amides is 1. The molecule has 1 aromatic carbocycles. The second-order valence-electron chi connectivity index (χ2n) is 5.86. The molecule has 4 heteroatoms. The number of carbonyl (C=O) groups excluding carboxylic acids is 1. The van der Waals surface area contributed by atoms with Crippen LogP contribution in [0.4, 0.5) is 4.39 Å². The molecule has 2 unspecified atom stereocenters. The van der Waals surface area contributed by atoms with E-state index in [1.54, 1.807) is 0 Å². The van der Waals surface area contributed by atoms with Crippen LogP contribution in [0.15, 0.2) is 37.0 Å². The van der Waals surface area contributed by atoms with Crippen molar-refractivity contribution in [1.82, 2.24) is 4.57 Å². The summed E-state index contributed by atoms with van der Waals surface area (Å²) in [6, 6.07) is 7.76. The predicted octanol–water partition coefficient (Wildman–Crippen LogP) is 3.28. The van der Waals surface area contributed by atoms with Gasteiger partial charge in [-0.05, 0) is 48.9 Å². The van der Waals surface area contributed by atoms with Gasteiger partial charge in [-0.15, -0.1) is 0 Å². The fourth-order valence-corrected chi connectivity index (χ4v) is 3.15. The molecule has 3 rings (SSSR count). The third kappa shape index (κ3) is 2.71. The average Bonchev–Trinajstić information content (AvgIpc) is 3.05. The minimum atomic E-state index is -0.637. The van der Waals surface area contributed by atoms with Crippen LogP contribution in [0.2, 0.25) is 0 Å². The molecule has 0 bridgehead atoms. The van der Waals surface area contributed by atoms with Crippen molar-refractivity contribution in [3.63, 3.8) is 0 Å². The maximum absolute atomic E-state index is 13.3. The topological polar surface area (TPSA) is 48.0 Å². The molecular formula is C17H19FN2O. The molecule has 0 spiro atoms. The number of rotatable bonds is 4. The van der Waals surface area contributed by atoms with Crippen molar-refractivity contribution in [3.8, 4) is 0 Å². The molecule has 1 aliphatic rings. The monoisotopic (exact) mass is 286 g/mol. The number of alkyl halides is 1. The van der Waals surface area contributed by atoms with Crippen molar-refractivity contribution >= 4 is 22.4 Å². The molecule has 0 saturated heterocycles. The third-order valence-electron chi connectivity index (χ3n) is 4.35. The van der Waals surface area contributed by atoms with E-state index < -0.39 is 12.1 Å². The lowest BCUT2D eigenvalue weighted by Gasteiger charge is -2.12. The zero-order valence-corrected chi connectivity index (χ0v) is 11.9. The number of halogens is 1. The minimum absolute atomic E-state index is 0.320. The van der Waals surface area contributed by atoms with E-state index in [1.807, 2.05) is 30.5 Å². The van der Waals surface area contributed by atoms with Crippen LogP contribution in [0.5, 0.6) is 0 Å². The Morgan fingerprint density at radius 3 is 2.86 bits per heavy atom. The summed E-state index contributed by atoms with van der Waals surface area (Å²) >= 11 is 0. The zero-order chi connectivity index (χ0) is 15.0. The molecule has 2 N–H and O–H groups in total. The molecule has 0 aliphatic heterocycles. The van der Waals surface area contributed by atoms with Crippen LogP contribution in [-0.2, 0) is 11.3 Å². The average molecular weight is 286 g/mol. The Morgan fingerprint density at radius 1 is 1.38 bits per heavy atom. The number of amides is 1. The lowest BCUT2D eigenvalue weighted by Crippen LogP contribution is -2.11. The first-order valence-electron chi connectivity index (χ1n) is 7.26. The van der Waals surface area contributed by atoms with Crippen LogP contribution in [0.1, 0.15) is 24.8 Å². The number of aromatic nitrogens is 1. The number of hydrogen-bond acceptors (Lipinski definition) is 1. The van der Waals surface area contributed by atoms with Crippen molar-refractivity contribution in [2.24, 2.45) is 11.7 Å². The summed E-state index contributed by atoms with van der Waals surface area (Å²) in [5.41, 5.74) is 7.42. The number of nitrogens with zero attached hydrogens (tertiary/aromatic N) is 1. The van der Waals surface area contributed by atoms with Crippen LogP contribution >= 0.6 is 0 Å². The summed E-state index contributed by atoms with van der Waals surface area (Å²) in [5.74, 6) is -0.0930. The molecule has 1 fully saturated rings. The van der Waals surface area contributed by atoms with Gasteiger partial charge in [-0.2, -0.15) is 0 Å². The molecule has 1 amide bonds. The SMILES string of the molecule is C=C(C(N)=O)c1ccc2c(ccn2CC2CCC(F)C2)c1. The van der Waals surface area contributed by atoms with Gasteiger partial charge in [0.2, 0.25) is 5.91 Å². The Bertz CT molecular complexity index is 704. The largest absolute Gasteiger partial charge is 0.366 e.